The Morgan fingerprint density at radius 3 is 2.92 bits per heavy atom. The largest absolute Gasteiger partial charge is 0.491 e. The monoisotopic (exact) mass is 329 g/mol. The van der Waals surface area contributed by atoms with Crippen LogP contribution in [0, 0.1) is 0 Å². The third-order valence-electron chi connectivity index (χ3n) is 4.46. The van der Waals surface area contributed by atoms with Crippen LogP contribution in [0.5, 0.6) is 5.75 Å². The Bertz CT molecular complexity index is 752. The van der Waals surface area contributed by atoms with Crippen LogP contribution in [0.2, 0.25) is 0 Å². The molecule has 0 amide bonds. The second-order valence-electron chi connectivity index (χ2n) is 6.48. The Hall–Kier alpha value is -2.34. The first-order valence-corrected chi connectivity index (χ1v) is 8.18. The summed E-state index contributed by atoms with van der Waals surface area (Å²) < 4.78 is 7.68. The second-order valence-corrected chi connectivity index (χ2v) is 6.48. The van der Waals surface area contributed by atoms with Gasteiger partial charge in [-0.25, -0.2) is 4.79 Å². The van der Waals surface area contributed by atoms with Gasteiger partial charge in [-0.2, -0.15) is 5.10 Å². The van der Waals surface area contributed by atoms with E-state index in [1.54, 1.807) is 12.1 Å². The lowest BCUT2D eigenvalue weighted by atomic mass is 10.0. The van der Waals surface area contributed by atoms with Crippen LogP contribution in [0.25, 0.3) is 0 Å². The molecule has 0 bridgehead atoms. The van der Waals surface area contributed by atoms with Gasteiger partial charge < -0.3 is 9.84 Å². The first-order valence-electron chi connectivity index (χ1n) is 8.18. The molecule has 3 rings (SSSR count). The van der Waals surface area contributed by atoms with Crippen LogP contribution in [0.15, 0.2) is 24.4 Å². The molecule has 0 aliphatic carbocycles. The van der Waals surface area contributed by atoms with Crippen LogP contribution in [-0.4, -0.2) is 38.9 Å². The first kappa shape index (κ1) is 16.5. The van der Waals surface area contributed by atoms with E-state index in [0.717, 1.165) is 18.7 Å². The number of benzene rings is 1. The van der Waals surface area contributed by atoms with E-state index in [2.05, 4.69) is 23.8 Å². The number of rotatable bonds is 4. The molecule has 0 saturated heterocycles. The summed E-state index contributed by atoms with van der Waals surface area (Å²) >= 11 is 0. The number of nitrogens with zero attached hydrogens (tertiary/aromatic N) is 3. The second kappa shape index (κ2) is 6.65. The molecule has 1 aromatic heterocycles. The highest BCUT2D eigenvalue weighted by atomic mass is 16.5. The van der Waals surface area contributed by atoms with Gasteiger partial charge in [-0.1, -0.05) is 26.0 Å². The molecule has 1 aromatic carbocycles. The zero-order valence-corrected chi connectivity index (χ0v) is 14.3. The van der Waals surface area contributed by atoms with E-state index in [9.17, 15) is 9.90 Å². The number of aromatic carboxylic acids is 1. The maximum atomic E-state index is 11.4. The average molecular weight is 329 g/mol. The van der Waals surface area contributed by atoms with Crippen molar-refractivity contribution in [2.75, 3.05) is 13.2 Å². The quantitative estimate of drug-likeness (QED) is 0.934. The molecule has 1 N–H and O–H groups in total. The SMILES string of the molecule is CC(C)c1cnn(C)c1CN1CCOc2c(cccc2C(=O)O)C1. The number of carboxylic acids is 1. The van der Waals surface area contributed by atoms with Crippen LogP contribution in [0.1, 0.15) is 46.9 Å². The summed E-state index contributed by atoms with van der Waals surface area (Å²) in [5.41, 5.74) is 3.60. The van der Waals surface area contributed by atoms with Crippen molar-refractivity contribution in [1.29, 1.82) is 0 Å². The minimum atomic E-state index is -0.950. The minimum absolute atomic E-state index is 0.234. The molecule has 6 heteroatoms. The lowest BCUT2D eigenvalue weighted by Crippen LogP contribution is -2.27. The normalized spacial score (nSPS) is 15.0. The zero-order chi connectivity index (χ0) is 17.3. The van der Waals surface area contributed by atoms with Crippen LogP contribution >= 0.6 is 0 Å². The first-order chi connectivity index (χ1) is 11.5. The predicted octanol–water partition coefficient (Wildman–Crippen LogP) is 2.64. The Kier molecular flexibility index (Phi) is 4.57. The van der Waals surface area contributed by atoms with Crippen molar-refractivity contribution in [2.45, 2.75) is 32.9 Å². The summed E-state index contributed by atoms with van der Waals surface area (Å²) in [7, 11) is 1.96. The number of carboxylic acid groups (broad SMARTS) is 1. The number of hydrogen-bond acceptors (Lipinski definition) is 4. The number of hydrogen-bond donors (Lipinski definition) is 1. The third kappa shape index (κ3) is 3.14. The summed E-state index contributed by atoms with van der Waals surface area (Å²) in [5, 5.41) is 13.7. The van der Waals surface area contributed by atoms with Gasteiger partial charge in [-0.05, 0) is 17.5 Å². The lowest BCUT2D eigenvalue weighted by Gasteiger charge is -2.21. The Morgan fingerprint density at radius 1 is 1.42 bits per heavy atom. The molecule has 24 heavy (non-hydrogen) atoms. The molecular weight excluding hydrogens is 306 g/mol. The van der Waals surface area contributed by atoms with Crippen LogP contribution in [-0.2, 0) is 20.1 Å². The number of aromatic nitrogens is 2. The molecule has 1 aliphatic rings. The van der Waals surface area contributed by atoms with Gasteiger partial charge in [0.15, 0.2) is 0 Å². The highest BCUT2D eigenvalue weighted by Crippen LogP contribution is 2.29. The summed E-state index contributed by atoms with van der Waals surface area (Å²) in [4.78, 5) is 13.7. The van der Waals surface area contributed by atoms with Gasteiger partial charge in [0, 0.05) is 32.2 Å². The Balaban J connectivity index is 1.86. The van der Waals surface area contributed by atoms with E-state index in [0.29, 0.717) is 24.8 Å². The fourth-order valence-electron chi connectivity index (χ4n) is 3.15. The van der Waals surface area contributed by atoms with Crippen LogP contribution in [0.3, 0.4) is 0 Å². The van der Waals surface area contributed by atoms with Gasteiger partial charge in [0.05, 0.1) is 11.9 Å². The maximum Gasteiger partial charge on any atom is 0.339 e. The van der Waals surface area contributed by atoms with Crippen molar-refractivity contribution in [3.8, 4) is 5.75 Å². The van der Waals surface area contributed by atoms with E-state index in [-0.39, 0.29) is 5.56 Å². The van der Waals surface area contributed by atoms with Gasteiger partial charge in [0.2, 0.25) is 0 Å². The molecule has 0 fully saturated rings. The predicted molar refractivity (Wildman–Crippen MR) is 90.3 cm³/mol. The highest BCUT2D eigenvalue weighted by Gasteiger charge is 2.22. The minimum Gasteiger partial charge on any atom is -0.491 e. The van der Waals surface area contributed by atoms with E-state index >= 15 is 0 Å². The highest BCUT2D eigenvalue weighted by molar-refractivity contribution is 5.91. The van der Waals surface area contributed by atoms with Gasteiger partial charge >= 0.3 is 5.97 Å². The fraction of sp³-hybridized carbons (Fsp3) is 0.444. The topological polar surface area (TPSA) is 67.6 Å². The molecule has 0 unspecified atom stereocenters. The van der Waals surface area contributed by atoms with E-state index in [1.807, 2.05) is 24.0 Å². The standard InChI is InChI=1S/C18H23N3O3/c1-12(2)15-9-19-20(3)16(15)11-21-7-8-24-17-13(10-21)5-4-6-14(17)18(22)23/h4-6,9,12H,7-8,10-11H2,1-3H3,(H,22,23). The summed E-state index contributed by atoms with van der Waals surface area (Å²) in [5.74, 6) is -0.0292. The number of ether oxygens (including phenoxy) is 1. The smallest absolute Gasteiger partial charge is 0.339 e. The van der Waals surface area contributed by atoms with Crippen molar-refractivity contribution >= 4 is 5.97 Å². The van der Waals surface area contributed by atoms with Crippen molar-refractivity contribution in [3.05, 3.63) is 46.8 Å². The van der Waals surface area contributed by atoms with E-state index in [1.165, 1.54) is 11.3 Å². The molecule has 0 atom stereocenters. The molecular formula is C18H23N3O3. The summed E-state index contributed by atoms with van der Waals surface area (Å²) in [6, 6.07) is 5.31. The molecule has 128 valence electrons. The zero-order valence-electron chi connectivity index (χ0n) is 14.3. The van der Waals surface area contributed by atoms with Gasteiger partial charge in [0.1, 0.15) is 17.9 Å². The number of para-hydroxylation sites is 1. The Morgan fingerprint density at radius 2 is 2.21 bits per heavy atom. The molecule has 2 heterocycles. The fourth-order valence-corrected chi connectivity index (χ4v) is 3.15. The molecule has 0 spiro atoms. The van der Waals surface area contributed by atoms with Gasteiger partial charge in [-0.15, -0.1) is 0 Å². The number of fused-ring (bicyclic) bond motifs is 1. The van der Waals surface area contributed by atoms with Crippen molar-refractivity contribution < 1.29 is 14.6 Å². The molecule has 2 aromatic rings. The summed E-state index contributed by atoms with van der Waals surface area (Å²) in [6.45, 7) is 6.99. The van der Waals surface area contributed by atoms with E-state index < -0.39 is 5.97 Å². The van der Waals surface area contributed by atoms with E-state index in [4.69, 9.17) is 4.74 Å². The molecule has 6 nitrogen and oxygen atoms in total. The molecule has 0 radical (unpaired) electrons. The van der Waals surface area contributed by atoms with Crippen LogP contribution < -0.4 is 4.74 Å². The van der Waals surface area contributed by atoms with Crippen LogP contribution in [0.4, 0.5) is 0 Å². The Labute approximate surface area is 141 Å². The maximum absolute atomic E-state index is 11.4. The van der Waals surface area contributed by atoms with Crippen molar-refractivity contribution in [1.82, 2.24) is 14.7 Å². The number of carbonyl (C=O) groups is 1. The van der Waals surface area contributed by atoms with Gasteiger partial charge in [0.25, 0.3) is 0 Å². The average Bonchev–Trinajstić information content (AvgIpc) is 2.77. The third-order valence-corrected chi connectivity index (χ3v) is 4.46. The van der Waals surface area contributed by atoms with Gasteiger partial charge in [-0.3, -0.25) is 9.58 Å². The summed E-state index contributed by atoms with van der Waals surface area (Å²) in [6.07, 6.45) is 1.94. The molecule has 0 saturated carbocycles. The molecule has 1 aliphatic heterocycles. The van der Waals surface area contributed by atoms with Crippen molar-refractivity contribution in [2.24, 2.45) is 7.05 Å². The van der Waals surface area contributed by atoms with Crippen molar-refractivity contribution in [3.63, 3.8) is 0 Å². The lowest BCUT2D eigenvalue weighted by molar-refractivity contribution is 0.0692. The number of aryl methyl sites for hydroxylation is 1.